The number of aliphatic imine (C=N–C) groups is 1. The van der Waals surface area contributed by atoms with E-state index in [9.17, 15) is 4.79 Å². The molecule has 0 bridgehead atoms. The van der Waals surface area contributed by atoms with Crippen LogP contribution in [-0.4, -0.2) is 59.7 Å². The second-order valence-corrected chi connectivity index (χ2v) is 6.84. The Bertz CT molecular complexity index is 802. The first-order valence-corrected chi connectivity index (χ1v) is 10.1. The number of unbranched alkanes of at least 4 members (excludes halogenated alkanes) is 1. The zero-order valence-electron chi connectivity index (χ0n) is 17.0. The number of guanidine groups is 1. The van der Waals surface area contributed by atoms with Crippen molar-refractivity contribution in [3.05, 3.63) is 59.1 Å². The van der Waals surface area contributed by atoms with Crippen LogP contribution in [0.15, 0.2) is 58.6 Å². The topological polar surface area (TPSA) is 65.8 Å². The van der Waals surface area contributed by atoms with Gasteiger partial charge >= 0.3 is 0 Å². The van der Waals surface area contributed by atoms with E-state index in [1.54, 1.807) is 16.7 Å². The van der Waals surface area contributed by atoms with Crippen molar-refractivity contribution in [1.29, 1.82) is 0 Å². The largest absolute Gasteiger partial charge is 0.357 e. The van der Waals surface area contributed by atoms with Gasteiger partial charge in [-0.15, -0.1) is 24.0 Å². The van der Waals surface area contributed by atoms with E-state index in [1.807, 2.05) is 30.6 Å². The van der Waals surface area contributed by atoms with Gasteiger partial charge in [0.05, 0.1) is 0 Å². The SMILES string of the molecule is CCNC(=NCCCCn1ccccc1=O)N1CCN(c2ccccn2)CC1.I. The molecule has 7 nitrogen and oxygen atoms in total. The molecule has 0 aliphatic carbocycles. The van der Waals surface area contributed by atoms with E-state index in [0.717, 1.165) is 70.4 Å². The average Bonchev–Trinajstić information content (AvgIpc) is 2.75. The minimum atomic E-state index is 0. The van der Waals surface area contributed by atoms with Crippen LogP contribution < -0.4 is 15.8 Å². The zero-order chi connectivity index (χ0) is 19.6. The molecule has 1 aliphatic heterocycles. The lowest BCUT2D eigenvalue weighted by molar-refractivity contribution is 0.371. The average molecular weight is 510 g/mol. The Kier molecular flexibility index (Phi) is 9.96. The van der Waals surface area contributed by atoms with Crippen molar-refractivity contribution in [2.75, 3.05) is 44.2 Å². The summed E-state index contributed by atoms with van der Waals surface area (Å²) in [5.41, 5.74) is 0.0603. The number of nitrogens with one attached hydrogen (secondary N) is 1. The standard InChI is InChI=1S/C21H30N6O.HI/c1-2-22-21(24-12-6-8-14-26-13-7-4-10-20(26)28)27-17-15-25(16-18-27)19-9-3-5-11-23-19;/h3-5,7,9-11,13H,2,6,8,12,14-18H2,1H3,(H,22,24);1H. The second kappa shape index (κ2) is 12.5. The van der Waals surface area contributed by atoms with Crippen molar-refractivity contribution < 1.29 is 0 Å². The number of rotatable bonds is 7. The number of halogens is 1. The summed E-state index contributed by atoms with van der Waals surface area (Å²) in [4.78, 5) is 25.6. The van der Waals surface area contributed by atoms with E-state index in [-0.39, 0.29) is 29.5 Å². The monoisotopic (exact) mass is 510 g/mol. The van der Waals surface area contributed by atoms with Crippen LogP contribution in [0.4, 0.5) is 5.82 Å². The van der Waals surface area contributed by atoms with Gasteiger partial charge in [-0.25, -0.2) is 4.98 Å². The van der Waals surface area contributed by atoms with E-state index >= 15 is 0 Å². The summed E-state index contributed by atoms with van der Waals surface area (Å²) in [5, 5.41) is 3.41. The van der Waals surface area contributed by atoms with Crippen LogP contribution in [0.25, 0.3) is 0 Å². The van der Waals surface area contributed by atoms with Crippen LogP contribution in [0.5, 0.6) is 0 Å². The van der Waals surface area contributed by atoms with Crippen LogP contribution in [0.2, 0.25) is 0 Å². The van der Waals surface area contributed by atoms with Gasteiger partial charge in [-0.05, 0) is 38.0 Å². The normalized spacial score (nSPS) is 14.4. The quantitative estimate of drug-likeness (QED) is 0.268. The van der Waals surface area contributed by atoms with Crippen molar-refractivity contribution in [1.82, 2.24) is 19.8 Å². The van der Waals surface area contributed by atoms with Gasteiger partial charge in [-0.2, -0.15) is 0 Å². The Morgan fingerprint density at radius 1 is 1.10 bits per heavy atom. The fraction of sp³-hybridized carbons (Fsp3) is 0.476. The molecule has 0 saturated carbocycles. The highest BCUT2D eigenvalue weighted by Gasteiger charge is 2.20. The molecule has 0 radical (unpaired) electrons. The van der Waals surface area contributed by atoms with Crippen LogP contribution in [0.1, 0.15) is 19.8 Å². The van der Waals surface area contributed by atoms with E-state index in [4.69, 9.17) is 4.99 Å². The van der Waals surface area contributed by atoms with Gasteiger partial charge in [0.15, 0.2) is 5.96 Å². The maximum absolute atomic E-state index is 11.7. The number of hydrogen-bond donors (Lipinski definition) is 1. The highest BCUT2D eigenvalue weighted by Crippen LogP contribution is 2.12. The summed E-state index contributed by atoms with van der Waals surface area (Å²) >= 11 is 0. The smallest absolute Gasteiger partial charge is 0.250 e. The summed E-state index contributed by atoms with van der Waals surface area (Å²) < 4.78 is 1.76. The van der Waals surface area contributed by atoms with Crippen molar-refractivity contribution >= 4 is 35.8 Å². The van der Waals surface area contributed by atoms with Gasteiger partial charge in [-0.1, -0.05) is 12.1 Å². The summed E-state index contributed by atoms with van der Waals surface area (Å²) in [6, 6.07) is 11.3. The summed E-state index contributed by atoms with van der Waals surface area (Å²) in [5.74, 6) is 2.03. The van der Waals surface area contributed by atoms with Crippen LogP contribution in [0, 0.1) is 0 Å². The number of pyridine rings is 2. The predicted octanol–water partition coefficient (Wildman–Crippen LogP) is 2.43. The molecule has 0 unspecified atom stereocenters. The molecule has 0 amide bonds. The fourth-order valence-electron chi connectivity index (χ4n) is 3.34. The number of aromatic nitrogens is 2. The predicted molar refractivity (Wildman–Crippen MR) is 129 cm³/mol. The Labute approximate surface area is 189 Å². The zero-order valence-corrected chi connectivity index (χ0v) is 19.4. The molecule has 1 N–H and O–H groups in total. The third-order valence-corrected chi connectivity index (χ3v) is 4.86. The van der Waals surface area contributed by atoms with Gasteiger partial charge < -0.3 is 19.7 Å². The lowest BCUT2D eigenvalue weighted by atomic mass is 10.3. The molecule has 1 saturated heterocycles. The third kappa shape index (κ3) is 7.02. The van der Waals surface area contributed by atoms with Gasteiger partial charge in [0.25, 0.3) is 0 Å². The number of hydrogen-bond acceptors (Lipinski definition) is 4. The molecule has 29 heavy (non-hydrogen) atoms. The highest BCUT2D eigenvalue weighted by molar-refractivity contribution is 14.0. The van der Waals surface area contributed by atoms with Crippen LogP contribution in [-0.2, 0) is 6.54 Å². The third-order valence-electron chi connectivity index (χ3n) is 4.86. The number of aryl methyl sites for hydroxylation is 1. The lowest BCUT2D eigenvalue weighted by Crippen LogP contribution is -2.52. The van der Waals surface area contributed by atoms with E-state index < -0.39 is 0 Å². The second-order valence-electron chi connectivity index (χ2n) is 6.84. The van der Waals surface area contributed by atoms with E-state index in [2.05, 4.69) is 33.1 Å². The molecule has 0 atom stereocenters. The maximum Gasteiger partial charge on any atom is 0.250 e. The first kappa shape index (κ1) is 23.2. The Morgan fingerprint density at radius 3 is 2.59 bits per heavy atom. The minimum absolute atomic E-state index is 0. The lowest BCUT2D eigenvalue weighted by Gasteiger charge is -2.37. The van der Waals surface area contributed by atoms with E-state index in [1.165, 1.54) is 0 Å². The molecule has 2 aromatic heterocycles. The van der Waals surface area contributed by atoms with Gasteiger partial charge in [0, 0.05) is 64.3 Å². The van der Waals surface area contributed by atoms with Crippen molar-refractivity contribution in [3.8, 4) is 0 Å². The van der Waals surface area contributed by atoms with Gasteiger partial charge in [-0.3, -0.25) is 9.79 Å². The molecule has 0 aromatic carbocycles. The first-order valence-electron chi connectivity index (χ1n) is 10.1. The Balaban J connectivity index is 0.00000300. The van der Waals surface area contributed by atoms with Crippen LogP contribution >= 0.6 is 24.0 Å². The fourth-order valence-corrected chi connectivity index (χ4v) is 3.34. The van der Waals surface area contributed by atoms with Gasteiger partial charge in [0.1, 0.15) is 5.82 Å². The molecule has 0 spiro atoms. The molecule has 158 valence electrons. The first-order chi connectivity index (χ1) is 13.8. The Morgan fingerprint density at radius 2 is 1.90 bits per heavy atom. The molecular formula is C21H31IN6O. The molecule has 1 fully saturated rings. The number of anilines is 1. The summed E-state index contributed by atoms with van der Waals surface area (Å²) in [6.07, 6.45) is 5.60. The van der Waals surface area contributed by atoms with Gasteiger partial charge in [0.2, 0.25) is 5.56 Å². The molecule has 3 heterocycles. The maximum atomic E-state index is 11.7. The number of piperazine rings is 1. The highest BCUT2D eigenvalue weighted by atomic mass is 127. The Hall–Kier alpha value is -2.10. The summed E-state index contributed by atoms with van der Waals surface area (Å²) in [7, 11) is 0. The molecule has 1 aliphatic rings. The van der Waals surface area contributed by atoms with Crippen molar-refractivity contribution in [2.45, 2.75) is 26.3 Å². The van der Waals surface area contributed by atoms with Crippen molar-refractivity contribution in [2.24, 2.45) is 4.99 Å². The van der Waals surface area contributed by atoms with E-state index in [0.29, 0.717) is 0 Å². The van der Waals surface area contributed by atoms with Crippen LogP contribution in [0.3, 0.4) is 0 Å². The number of nitrogens with zero attached hydrogens (tertiary/aromatic N) is 5. The molecular weight excluding hydrogens is 479 g/mol. The van der Waals surface area contributed by atoms with Crippen molar-refractivity contribution in [3.63, 3.8) is 0 Å². The molecule has 3 rings (SSSR count). The molecule has 2 aromatic rings. The molecule has 8 heteroatoms. The summed E-state index contributed by atoms with van der Waals surface area (Å²) in [6.45, 7) is 8.22. The minimum Gasteiger partial charge on any atom is -0.357 e.